The van der Waals surface area contributed by atoms with Gasteiger partial charge in [0, 0.05) is 19.4 Å². The number of hydrogen-bond donors (Lipinski definition) is 1. The molecule has 0 bridgehead atoms. The highest BCUT2D eigenvalue weighted by atomic mass is 16.7. The van der Waals surface area contributed by atoms with Crippen LogP contribution < -0.4 is 0 Å². The second-order valence-corrected chi connectivity index (χ2v) is 5.29. The molecule has 1 spiro atoms. The molecule has 1 saturated heterocycles. The number of hydrogen-bond acceptors (Lipinski definition) is 6. The third-order valence-corrected chi connectivity index (χ3v) is 4.20. The molecule has 1 heterocycles. The van der Waals surface area contributed by atoms with E-state index in [2.05, 4.69) is 0 Å². The normalized spacial score (nSPS) is 25.6. The molecule has 1 aliphatic carbocycles. The monoisotopic (exact) mass is 288 g/mol. The molecule has 0 aromatic rings. The average molecular weight is 288 g/mol. The minimum absolute atomic E-state index is 0.289. The summed E-state index contributed by atoms with van der Waals surface area (Å²) in [6, 6.07) is 0. The lowest BCUT2D eigenvalue weighted by atomic mass is 9.71. The molecule has 116 valence electrons. The average Bonchev–Trinajstić information content (AvgIpc) is 2.89. The van der Waals surface area contributed by atoms with Crippen molar-refractivity contribution in [3.05, 3.63) is 0 Å². The highest BCUT2D eigenvalue weighted by Crippen LogP contribution is 2.47. The van der Waals surface area contributed by atoms with E-state index >= 15 is 0 Å². The molecule has 0 aromatic heterocycles. The van der Waals surface area contributed by atoms with Crippen LogP contribution in [0.3, 0.4) is 0 Å². The predicted molar refractivity (Wildman–Crippen MR) is 69.8 cm³/mol. The number of esters is 1. The van der Waals surface area contributed by atoms with Crippen molar-refractivity contribution in [2.75, 3.05) is 26.4 Å². The lowest BCUT2D eigenvalue weighted by Gasteiger charge is -2.43. The van der Waals surface area contributed by atoms with Gasteiger partial charge in [0.2, 0.25) is 0 Å². The maximum atomic E-state index is 12.3. The quantitative estimate of drug-likeness (QED) is 0.605. The molecule has 6 heteroatoms. The second-order valence-electron chi connectivity index (χ2n) is 5.29. The van der Waals surface area contributed by atoms with E-state index in [1.165, 1.54) is 0 Å². The lowest BCUT2D eigenvalue weighted by Crippen LogP contribution is -2.51. The number of carbonyl (C=O) groups excluding carboxylic acids is 1. The van der Waals surface area contributed by atoms with Gasteiger partial charge in [-0.1, -0.05) is 0 Å². The van der Waals surface area contributed by atoms with Crippen LogP contribution in [-0.4, -0.2) is 49.6 Å². The van der Waals surface area contributed by atoms with E-state index in [0.29, 0.717) is 45.5 Å². The van der Waals surface area contributed by atoms with Crippen LogP contribution in [0.2, 0.25) is 0 Å². The number of rotatable bonds is 5. The number of ether oxygens (including phenoxy) is 4. The van der Waals surface area contributed by atoms with Crippen LogP contribution >= 0.6 is 0 Å². The first-order valence-corrected chi connectivity index (χ1v) is 7.33. The zero-order chi connectivity index (χ0) is 14.6. The molecule has 6 nitrogen and oxygen atoms in total. The first-order chi connectivity index (χ1) is 9.58. The van der Waals surface area contributed by atoms with Gasteiger partial charge in [0.1, 0.15) is 5.41 Å². The van der Waals surface area contributed by atoms with Crippen molar-refractivity contribution in [3.8, 4) is 0 Å². The van der Waals surface area contributed by atoms with Gasteiger partial charge < -0.3 is 24.1 Å². The first-order valence-electron chi connectivity index (χ1n) is 7.33. The highest BCUT2D eigenvalue weighted by molar-refractivity contribution is 5.77. The van der Waals surface area contributed by atoms with Crippen LogP contribution in [-0.2, 0) is 23.7 Å². The molecule has 1 N–H and O–H groups in total. The van der Waals surface area contributed by atoms with Crippen molar-refractivity contribution >= 4 is 5.97 Å². The number of carbonyl (C=O) groups is 1. The van der Waals surface area contributed by atoms with Gasteiger partial charge in [-0.3, -0.25) is 4.79 Å². The van der Waals surface area contributed by atoms with Gasteiger partial charge in [-0.25, -0.2) is 0 Å². The Morgan fingerprint density at radius 1 is 1.15 bits per heavy atom. The predicted octanol–water partition coefficient (Wildman–Crippen LogP) is 1.21. The molecule has 0 aromatic carbocycles. The standard InChI is InChI=1S/C14H24O6/c1-3-17-11(15)13(12(16)18-4-2)5-7-14(8-6-13)19-9-10-20-14/h11,15H,3-10H2,1-2H3. The van der Waals surface area contributed by atoms with Gasteiger partial charge in [0.25, 0.3) is 0 Å². The summed E-state index contributed by atoms with van der Waals surface area (Å²) in [6.07, 6.45) is 0.858. The van der Waals surface area contributed by atoms with Crippen LogP contribution in [0, 0.1) is 5.41 Å². The van der Waals surface area contributed by atoms with E-state index in [4.69, 9.17) is 18.9 Å². The SMILES string of the molecule is CCOC(=O)C1(C(O)OCC)CCC2(CC1)OCCO2. The van der Waals surface area contributed by atoms with Crippen LogP contribution in [0.25, 0.3) is 0 Å². The molecule has 2 fully saturated rings. The van der Waals surface area contributed by atoms with Crippen LogP contribution in [0.5, 0.6) is 0 Å². The molecular formula is C14H24O6. The maximum absolute atomic E-state index is 12.3. The molecule has 0 amide bonds. The summed E-state index contributed by atoms with van der Waals surface area (Å²) < 4.78 is 21.7. The fourth-order valence-electron chi connectivity index (χ4n) is 3.01. The Morgan fingerprint density at radius 2 is 1.75 bits per heavy atom. The van der Waals surface area contributed by atoms with E-state index in [9.17, 15) is 9.90 Å². The van der Waals surface area contributed by atoms with Crippen LogP contribution in [0.1, 0.15) is 39.5 Å². The molecule has 0 radical (unpaired) electrons. The largest absolute Gasteiger partial charge is 0.465 e. The molecule has 2 aliphatic rings. The molecule has 1 aliphatic heterocycles. The lowest BCUT2D eigenvalue weighted by molar-refractivity contribution is -0.240. The van der Waals surface area contributed by atoms with Gasteiger partial charge in [0.15, 0.2) is 12.1 Å². The van der Waals surface area contributed by atoms with E-state index in [1.807, 2.05) is 0 Å². The summed E-state index contributed by atoms with van der Waals surface area (Å²) in [5.74, 6) is -0.976. The zero-order valence-corrected chi connectivity index (χ0v) is 12.2. The minimum Gasteiger partial charge on any atom is -0.465 e. The topological polar surface area (TPSA) is 74.2 Å². The summed E-state index contributed by atoms with van der Waals surface area (Å²) in [4.78, 5) is 12.3. The summed E-state index contributed by atoms with van der Waals surface area (Å²) in [5.41, 5.74) is -1.01. The van der Waals surface area contributed by atoms with Gasteiger partial charge in [-0.2, -0.15) is 0 Å². The Balaban J connectivity index is 2.11. The first kappa shape index (κ1) is 15.7. The molecule has 1 saturated carbocycles. The van der Waals surface area contributed by atoms with Crippen molar-refractivity contribution in [3.63, 3.8) is 0 Å². The third-order valence-electron chi connectivity index (χ3n) is 4.20. The number of aliphatic hydroxyl groups excluding tert-OH is 1. The molecule has 1 atom stereocenters. The molecule has 20 heavy (non-hydrogen) atoms. The van der Waals surface area contributed by atoms with Gasteiger partial charge in [-0.05, 0) is 26.7 Å². The highest BCUT2D eigenvalue weighted by Gasteiger charge is 2.54. The van der Waals surface area contributed by atoms with Crippen molar-refractivity contribution in [2.45, 2.75) is 51.6 Å². The second kappa shape index (κ2) is 6.39. The van der Waals surface area contributed by atoms with Crippen molar-refractivity contribution in [1.29, 1.82) is 0 Å². The van der Waals surface area contributed by atoms with Gasteiger partial charge >= 0.3 is 5.97 Å². The van der Waals surface area contributed by atoms with Crippen LogP contribution in [0.15, 0.2) is 0 Å². The third kappa shape index (κ3) is 2.83. The van der Waals surface area contributed by atoms with Crippen molar-refractivity contribution < 1.29 is 28.8 Å². The Hall–Kier alpha value is -0.690. The molecule has 1 unspecified atom stereocenters. The van der Waals surface area contributed by atoms with Crippen molar-refractivity contribution in [1.82, 2.24) is 0 Å². The van der Waals surface area contributed by atoms with E-state index in [0.717, 1.165) is 0 Å². The Kier molecular flexibility index (Phi) is 5.01. The Bertz CT molecular complexity index is 327. The smallest absolute Gasteiger partial charge is 0.317 e. The summed E-state index contributed by atoms with van der Waals surface area (Å²) in [5, 5.41) is 10.2. The summed E-state index contributed by atoms with van der Waals surface area (Å²) in [7, 11) is 0. The van der Waals surface area contributed by atoms with Crippen LogP contribution in [0.4, 0.5) is 0 Å². The summed E-state index contributed by atoms with van der Waals surface area (Å²) >= 11 is 0. The summed E-state index contributed by atoms with van der Waals surface area (Å²) in [6.45, 7) is 5.35. The van der Waals surface area contributed by atoms with Crippen molar-refractivity contribution in [2.24, 2.45) is 5.41 Å². The van der Waals surface area contributed by atoms with E-state index in [-0.39, 0.29) is 6.61 Å². The fraction of sp³-hybridized carbons (Fsp3) is 0.929. The van der Waals surface area contributed by atoms with Gasteiger partial charge in [0.05, 0.1) is 19.8 Å². The molecular weight excluding hydrogens is 264 g/mol. The minimum atomic E-state index is -1.15. The number of aliphatic hydroxyl groups is 1. The van der Waals surface area contributed by atoms with E-state index < -0.39 is 23.5 Å². The van der Waals surface area contributed by atoms with Gasteiger partial charge in [-0.15, -0.1) is 0 Å². The molecule has 2 rings (SSSR count). The fourth-order valence-corrected chi connectivity index (χ4v) is 3.01. The zero-order valence-electron chi connectivity index (χ0n) is 12.2. The Morgan fingerprint density at radius 3 is 2.25 bits per heavy atom. The Labute approximate surface area is 119 Å². The van der Waals surface area contributed by atoms with E-state index in [1.54, 1.807) is 13.8 Å². The maximum Gasteiger partial charge on any atom is 0.317 e.